The summed E-state index contributed by atoms with van der Waals surface area (Å²) in [5.74, 6) is 0.151. The Balaban J connectivity index is 1.88. The Morgan fingerprint density at radius 1 is 1.38 bits per heavy atom. The number of methoxy groups -OCH3 is 1. The summed E-state index contributed by atoms with van der Waals surface area (Å²) in [6.07, 6.45) is 2.97. The molecule has 0 aliphatic carbocycles. The maximum absolute atomic E-state index is 12.8. The van der Waals surface area contributed by atoms with Gasteiger partial charge in [0.1, 0.15) is 12.3 Å². The number of nitrogen functional groups attached to an aromatic ring is 1. The Morgan fingerprint density at radius 2 is 2.23 bits per heavy atom. The molecule has 0 unspecified atom stereocenters. The molecule has 3 rings (SSSR count). The van der Waals surface area contributed by atoms with Crippen LogP contribution < -0.4 is 20.7 Å². The van der Waals surface area contributed by atoms with Crippen molar-refractivity contribution in [3.05, 3.63) is 48.1 Å². The van der Waals surface area contributed by atoms with Crippen molar-refractivity contribution in [2.24, 2.45) is 0 Å². The van der Waals surface area contributed by atoms with Gasteiger partial charge in [-0.05, 0) is 24.3 Å². The molecule has 0 radical (unpaired) electrons. The highest BCUT2D eigenvalue weighted by molar-refractivity contribution is 6.12. The van der Waals surface area contributed by atoms with E-state index in [0.29, 0.717) is 36.0 Å². The number of nitrogens with one attached hydrogen (secondary N) is 1. The van der Waals surface area contributed by atoms with Gasteiger partial charge in [0.2, 0.25) is 5.91 Å². The van der Waals surface area contributed by atoms with Crippen LogP contribution in [0.3, 0.4) is 0 Å². The Hall–Kier alpha value is -3.26. The van der Waals surface area contributed by atoms with Crippen molar-refractivity contribution in [1.82, 2.24) is 5.32 Å². The molecule has 2 aromatic rings. The molecule has 1 aliphatic heterocycles. The summed E-state index contributed by atoms with van der Waals surface area (Å²) < 4.78 is 15.8. The predicted molar refractivity (Wildman–Crippen MR) is 95.4 cm³/mol. The molecule has 0 spiro atoms. The molecule has 0 fully saturated rings. The molecule has 8 nitrogen and oxygen atoms in total. The summed E-state index contributed by atoms with van der Waals surface area (Å²) in [6, 6.07) is 8.29. The van der Waals surface area contributed by atoms with E-state index in [4.69, 9.17) is 19.6 Å². The fraction of sp³-hybridized carbons (Fsp3) is 0.222. The first kappa shape index (κ1) is 17.6. The van der Waals surface area contributed by atoms with Crippen LogP contribution in [0.5, 0.6) is 5.75 Å². The van der Waals surface area contributed by atoms with E-state index in [1.807, 2.05) is 0 Å². The summed E-state index contributed by atoms with van der Waals surface area (Å²) in [6.45, 7) is 0.593. The number of hydrogen-bond acceptors (Lipinski definition) is 6. The van der Waals surface area contributed by atoms with E-state index in [-0.39, 0.29) is 18.2 Å². The molecule has 1 aliphatic rings. The molecular weight excluding hydrogens is 338 g/mol. The Labute approximate surface area is 150 Å². The summed E-state index contributed by atoms with van der Waals surface area (Å²) in [4.78, 5) is 26.3. The third-order valence-corrected chi connectivity index (χ3v) is 3.70. The van der Waals surface area contributed by atoms with Gasteiger partial charge < -0.3 is 24.9 Å². The van der Waals surface area contributed by atoms with Crippen LogP contribution in [0, 0.1) is 0 Å². The number of furan rings is 1. The summed E-state index contributed by atoms with van der Waals surface area (Å²) in [7, 11) is 1.55. The monoisotopic (exact) mass is 357 g/mol. The van der Waals surface area contributed by atoms with Gasteiger partial charge in [0.05, 0.1) is 18.6 Å². The maximum Gasteiger partial charge on any atom is 0.294 e. The van der Waals surface area contributed by atoms with Crippen LogP contribution in [0.1, 0.15) is 5.76 Å². The van der Waals surface area contributed by atoms with Gasteiger partial charge in [-0.25, -0.2) is 0 Å². The lowest BCUT2D eigenvalue weighted by Crippen LogP contribution is -2.44. The first-order chi connectivity index (χ1) is 12.6. The Kier molecular flexibility index (Phi) is 5.23. The zero-order valence-electron chi connectivity index (χ0n) is 14.2. The second-order valence-corrected chi connectivity index (χ2v) is 5.59. The first-order valence-corrected chi connectivity index (χ1v) is 7.98. The van der Waals surface area contributed by atoms with E-state index in [2.05, 4.69) is 5.32 Å². The average Bonchev–Trinajstić information content (AvgIpc) is 3.12. The van der Waals surface area contributed by atoms with Crippen molar-refractivity contribution < 1.29 is 23.5 Å². The minimum atomic E-state index is -0.444. The second kappa shape index (κ2) is 7.75. The molecule has 8 heteroatoms. The quantitative estimate of drug-likeness (QED) is 0.460. The molecule has 136 valence electrons. The smallest absolute Gasteiger partial charge is 0.294 e. The van der Waals surface area contributed by atoms with E-state index >= 15 is 0 Å². The normalized spacial score (nSPS) is 14.9. The van der Waals surface area contributed by atoms with Gasteiger partial charge in [0.25, 0.3) is 5.91 Å². The number of amides is 2. The van der Waals surface area contributed by atoms with Crippen molar-refractivity contribution in [2.75, 3.05) is 37.4 Å². The maximum atomic E-state index is 12.8. The number of fused-ring (bicyclic) bond motifs is 1. The molecular formula is C18H19N3O5. The molecule has 2 amide bonds. The number of carbonyl (C=O) groups excluding carboxylic acids is 2. The zero-order valence-corrected chi connectivity index (χ0v) is 14.2. The van der Waals surface area contributed by atoms with Crippen LogP contribution in [0.2, 0.25) is 0 Å². The lowest BCUT2D eigenvalue weighted by atomic mass is 10.2. The van der Waals surface area contributed by atoms with Gasteiger partial charge in [-0.2, -0.15) is 0 Å². The first-order valence-electron chi connectivity index (χ1n) is 7.98. The molecule has 0 saturated heterocycles. The topological polar surface area (TPSA) is 107 Å². The van der Waals surface area contributed by atoms with Crippen molar-refractivity contribution >= 4 is 29.3 Å². The second-order valence-electron chi connectivity index (χ2n) is 5.59. The molecule has 1 aromatic carbocycles. The standard InChI is InChI=1S/C18H19N3O5/c1-24-8-6-20-17(22)11-21-14-5-4-12(19)9-15(14)26-16(18(21)23)10-13-3-2-7-25-13/h2-5,7,9-10H,6,8,11,19H2,1H3,(H,20,22)/b16-10+. The number of benzene rings is 1. The number of ether oxygens (including phenoxy) is 2. The fourth-order valence-electron chi connectivity index (χ4n) is 2.48. The van der Waals surface area contributed by atoms with Crippen molar-refractivity contribution in [3.8, 4) is 5.75 Å². The van der Waals surface area contributed by atoms with Gasteiger partial charge in [-0.15, -0.1) is 0 Å². The van der Waals surface area contributed by atoms with Crippen LogP contribution in [0.4, 0.5) is 11.4 Å². The van der Waals surface area contributed by atoms with E-state index in [1.54, 1.807) is 37.4 Å². The summed E-state index contributed by atoms with van der Waals surface area (Å²) in [5, 5.41) is 2.69. The number of nitrogens with two attached hydrogens (primary N) is 1. The minimum absolute atomic E-state index is 0.0442. The molecule has 2 heterocycles. The highest BCUT2D eigenvalue weighted by Crippen LogP contribution is 2.37. The Bertz CT molecular complexity index is 829. The number of anilines is 2. The summed E-state index contributed by atoms with van der Waals surface area (Å²) in [5.41, 5.74) is 6.77. The SMILES string of the molecule is COCCNC(=O)CN1C(=O)/C(=C\c2ccco2)Oc2cc(N)ccc21. The van der Waals surface area contributed by atoms with E-state index < -0.39 is 5.91 Å². The van der Waals surface area contributed by atoms with Crippen molar-refractivity contribution in [3.63, 3.8) is 0 Å². The lowest BCUT2D eigenvalue weighted by Gasteiger charge is -2.30. The molecule has 0 atom stereocenters. The third-order valence-electron chi connectivity index (χ3n) is 3.70. The molecule has 26 heavy (non-hydrogen) atoms. The number of rotatable bonds is 6. The number of nitrogens with zero attached hydrogens (tertiary/aromatic N) is 1. The van der Waals surface area contributed by atoms with Crippen molar-refractivity contribution in [2.45, 2.75) is 0 Å². The molecule has 1 aromatic heterocycles. The van der Waals surface area contributed by atoms with Crippen molar-refractivity contribution in [1.29, 1.82) is 0 Å². The van der Waals surface area contributed by atoms with E-state index in [9.17, 15) is 9.59 Å². The highest BCUT2D eigenvalue weighted by Gasteiger charge is 2.32. The van der Waals surface area contributed by atoms with Gasteiger partial charge >= 0.3 is 0 Å². The van der Waals surface area contributed by atoms with Crippen LogP contribution >= 0.6 is 0 Å². The van der Waals surface area contributed by atoms with Gasteiger partial charge in [-0.1, -0.05) is 0 Å². The predicted octanol–water partition coefficient (Wildman–Crippen LogP) is 1.39. The average molecular weight is 357 g/mol. The van der Waals surface area contributed by atoms with Crippen LogP contribution in [-0.2, 0) is 14.3 Å². The van der Waals surface area contributed by atoms with Crippen LogP contribution in [-0.4, -0.2) is 38.6 Å². The molecule has 0 bridgehead atoms. The molecule has 3 N–H and O–H groups in total. The third kappa shape index (κ3) is 3.86. The number of carbonyl (C=O) groups is 2. The van der Waals surface area contributed by atoms with Gasteiger partial charge in [-0.3, -0.25) is 14.5 Å². The van der Waals surface area contributed by atoms with Crippen LogP contribution in [0.15, 0.2) is 46.8 Å². The zero-order chi connectivity index (χ0) is 18.5. The lowest BCUT2D eigenvalue weighted by molar-refractivity contribution is -0.123. The Morgan fingerprint density at radius 3 is 2.96 bits per heavy atom. The van der Waals surface area contributed by atoms with Crippen LogP contribution in [0.25, 0.3) is 6.08 Å². The highest BCUT2D eigenvalue weighted by atomic mass is 16.5. The minimum Gasteiger partial charge on any atom is -0.465 e. The molecule has 0 saturated carbocycles. The van der Waals surface area contributed by atoms with Gasteiger partial charge in [0.15, 0.2) is 11.5 Å². The van der Waals surface area contributed by atoms with E-state index in [1.165, 1.54) is 17.2 Å². The number of hydrogen-bond donors (Lipinski definition) is 2. The summed E-state index contributed by atoms with van der Waals surface area (Å²) >= 11 is 0. The van der Waals surface area contributed by atoms with Gasteiger partial charge in [0, 0.05) is 31.5 Å². The van der Waals surface area contributed by atoms with E-state index in [0.717, 1.165) is 0 Å². The fourth-order valence-corrected chi connectivity index (χ4v) is 2.48. The largest absolute Gasteiger partial charge is 0.465 e.